The molecule has 0 radical (unpaired) electrons. The van der Waals surface area contributed by atoms with Crippen LogP contribution in [0.15, 0.2) is 24.3 Å². The molecule has 1 aromatic rings. The van der Waals surface area contributed by atoms with Crippen molar-refractivity contribution in [2.45, 2.75) is 58.3 Å². The van der Waals surface area contributed by atoms with Crippen molar-refractivity contribution < 1.29 is 24.1 Å². The number of aliphatic hydroxyl groups is 1. The molecule has 0 bridgehead atoms. The Hall–Kier alpha value is -1.14. The van der Waals surface area contributed by atoms with Gasteiger partial charge in [-0.15, -0.1) is 0 Å². The number of aliphatic hydroxyl groups excluding tert-OH is 1. The number of hydrogen-bond donors (Lipinski definition) is 1. The van der Waals surface area contributed by atoms with Gasteiger partial charge in [0.15, 0.2) is 0 Å². The van der Waals surface area contributed by atoms with Crippen molar-refractivity contribution in [3.05, 3.63) is 29.8 Å². The lowest BCUT2D eigenvalue weighted by Gasteiger charge is -2.12. The molecule has 0 aliphatic carbocycles. The minimum Gasteiger partial charge on any atom is -0.491 e. The molecule has 0 aromatic heterocycles. The van der Waals surface area contributed by atoms with Crippen molar-refractivity contribution in [2.75, 3.05) is 52.9 Å². The van der Waals surface area contributed by atoms with Crippen molar-refractivity contribution in [1.82, 2.24) is 0 Å². The first-order valence-corrected chi connectivity index (χ1v) is 10.9. The summed E-state index contributed by atoms with van der Waals surface area (Å²) in [7, 11) is 0. The fourth-order valence-electron chi connectivity index (χ4n) is 2.94. The van der Waals surface area contributed by atoms with Crippen molar-refractivity contribution >= 4 is 0 Å². The van der Waals surface area contributed by atoms with Crippen LogP contribution in [0, 0.1) is 0 Å². The van der Waals surface area contributed by atoms with Gasteiger partial charge in [0.1, 0.15) is 12.4 Å². The van der Waals surface area contributed by atoms with Crippen molar-refractivity contribution in [2.24, 2.45) is 0 Å². The van der Waals surface area contributed by atoms with Crippen LogP contribution >= 0.6 is 0 Å². The van der Waals surface area contributed by atoms with E-state index >= 15 is 0 Å². The molecular weight excluding hydrogens is 356 g/mol. The minimum absolute atomic E-state index is 0.0469. The molecule has 0 saturated carbocycles. The topological polar surface area (TPSA) is 57.2 Å². The van der Waals surface area contributed by atoms with Crippen LogP contribution in [-0.2, 0) is 20.6 Å². The summed E-state index contributed by atoms with van der Waals surface area (Å²) in [6, 6.07) is 8.32. The number of benzene rings is 1. The lowest BCUT2D eigenvalue weighted by molar-refractivity contribution is 0.00357. The van der Waals surface area contributed by atoms with E-state index in [-0.39, 0.29) is 6.61 Å². The summed E-state index contributed by atoms with van der Waals surface area (Å²) < 4.78 is 21.9. The Balaban J connectivity index is 2.04. The van der Waals surface area contributed by atoms with E-state index < -0.39 is 0 Å². The Morgan fingerprint density at radius 2 is 1.25 bits per heavy atom. The van der Waals surface area contributed by atoms with E-state index in [1.165, 1.54) is 50.5 Å². The fourth-order valence-corrected chi connectivity index (χ4v) is 2.94. The van der Waals surface area contributed by atoms with Crippen LogP contribution < -0.4 is 4.74 Å². The summed E-state index contributed by atoms with van der Waals surface area (Å²) in [6.07, 6.45) is 10.4. The summed E-state index contributed by atoms with van der Waals surface area (Å²) in [6.45, 7) is 5.87. The monoisotopic (exact) mass is 396 g/mol. The van der Waals surface area contributed by atoms with Gasteiger partial charge in [0.2, 0.25) is 0 Å². The number of ether oxygens (including phenoxy) is 4. The predicted molar refractivity (Wildman–Crippen MR) is 113 cm³/mol. The molecule has 1 aromatic carbocycles. The molecule has 0 amide bonds. The zero-order valence-electron chi connectivity index (χ0n) is 17.7. The molecule has 0 aliphatic heterocycles. The summed E-state index contributed by atoms with van der Waals surface area (Å²) in [5, 5.41) is 8.58. The number of unbranched alkanes of at least 4 members (excludes halogenated alkanes) is 6. The maximum atomic E-state index is 8.58. The number of hydrogen-bond acceptors (Lipinski definition) is 5. The third-order valence-corrected chi connectivity index (χ3v) is 4.49. The second-order valence-corrected chi connectivity index (χ2v) is 6.89. The van der Waals surface area contributed by atoms with Gasteiger partial charge in [0.25, 0.3) is 0 Å². The van der Waals surface area contributed by atoms with Crippen LogP contribution in [0.1, 0.15) is 57.4 Å². The molecule has 28 heavy (non-hydrogen) atoms. The van der Waals surface area contributed by atoms with E-state index in [0.29, 0.717) is 46.2 Å². The molecule has 0 atom stereocenters. The summed E-state index contributed by atoms with van der Waals surface area (Å²) in [4.78, 5) is 0. The molecule has 0 unspecified atom stereocenters. The van der Waals surface area contributed by atoms with Gasteiger partial charge in [-0.1, -0.05) is 63.6 Å². The van der Waals surface area contributed by atoms with E-state index in [1.807, 2.05) is 12.1 Å². The highest BCUT2D eigenvalue weighted by Crippen LogP contribution is 2.20. The lowest BCUT2D eigenvalue weighted by Crippen LogP contribution is -2.13. The molecule has 162 valence electrons. The Kier molecular flexibility index (Phi) is 17.1. The summed E-state index contributed by atoms with van der Waals surface area (Å²) >= 11 is 0. The van der Waals surface area contributed by atoms with E-state index in [1.54, 1.807) is 0 Å². The fraction of sp³-hybridized carbons (Fsp3) is 0.739. The molecule has 0 spiro atoms. The third kappa shape index (κ3) is 13.9. The Morgan fingerprint density at radius 3 is 1.93 bits per heavy atom. The Labute approximate surface area is 171 Å². The second kappa shape index (κ2) is 19.2. The average molecular weight is 397 g/mol. The highest BCUT2D eigenvalue weighted by molar-refractivity contribution is 5.33. The number of para-hydroxylation sites is 1. The van der Waals surface area contributed by atoms with Crippen LogP contribution in [-0.4, -0.2) is 58.0 Å². The first-order chi connectivity index (χ1) is 13.9. The summed E-state index contributed by atoms with van der Waals surface area (Å²) in [5.41, 5.74) is 1.29. The van der Waals surface area contributed by atoms with Crippen LogP contribution in [0.3, 0.4) is 0 Å². The van der Waals surface area contributed by atoms with Crippen molar-refractivity contribution in [1.29, 1.82) is 0 Å². The second-order valence-electron chi connectivity index (χ2n) is 6.89. The van der Waals surface area contributed by atoms with E-state index in [9.17, 15) is 0 Å². The van der Waals surface area contributed by atoms with Crippen molar-refractivity contribution in [3.8, 4) is 5.75 Å². The van der Waals surface area contributed by atoms with E-state index in [0.717, 1.165) is 12.2 Å². The molecule has 0 aliphatic rings. The number of rotatable bonds is 20. The summed E-state index contributed by atoms with van der Waals surface area (Å²) in [5.74, 6) is 0.981. The van der Waals surface area contributed by atoms with Gasteiger partial charge in [0, 0.05) is 0 Å². The first kappa shape index (κ1) is 24.9. The predicted octanol–water partition coefficient (Wildman–Crippen LogP) is 4.40. The van der Waals surface area contributed by atoms with Gasteiger partial charge >= 0.3 is 0 Å². The average Bonchev–Trinajstić information content (AvgIpc) is 2.72. The lowest BCUT2D eigenvalue weighted by atomic mass is 10.0. The van der Waals surface area contributed by atoms with Gasteiger partial charge in [-0.3, -0.25) is 0 Å². The Morgan fingerprint density at radius 1 is 0.679 bits per heavy atom. The van der Waals surface area contributed by atoms with E-state index in [2.05, 4.69) is 19.1 Å². The Bertz CT molecular complexity index is 452. The molecule has 0 heterocycles. The van der Waals surface area contributed by atoms with Gasteiger partial charge in [-0.05, 0) is 24.5 Å². The van der Waals surface area contributed by atoms with Gasteiger partial charge in [-0.25, -0.2) is 0 Å². The van der Waals surface area contributed by atoms with Crippen molar-refractivity contribution in [3.63, 3.8) is 0 Å². The molecule has 5 heteroatoms. The third-order valence-electron chi connectivity index (χ3n) is 4.49. The quantitative estimate of drug-likeness (QED) is 0.331. The van der Waals surface area contributed by atoms with Gasteiger partial charge in [-0.2, -0.15) is 0 Å². The van der Waals surface area contributed by atoms with Crippen LogP contribution in [0.4, 0.5) is 0 Å². The molecule has 1 N–H and O–H groups in total. The van der Waals surface area contributed by atoms with Crippen LogP contribution in [0.5, 0.6) is 5.75 Å². The minimum atomic E-state index is 0.0469. The SMILES string of the molecule is CCCCCCCCCc1ccccc1OCCOCCOCCOCCO. The van der Waals surface area contributed by atoms with Crippen LogP contribution in [0.25, 0.3) is 0 Å². The maximum Gasteiger partial charge on any atom is 0.122 e. The largest absolute Gasteiger partial charge is 0.491 e. The molecule has 1 rings (SSSR count). The zero-order chi connectivity index (χ0) is 20.1. The number of aryl methyl sites for hydroxylation is 1. The maximum absolute atomic E-state index is 8.58. The highest BCUT2D eigenvalue weighted by atomic mass is 16.6. The van der Waals surface area contributed by atoms with E-state index in [4.69, 9.17) is 24.1 Å². The molecule has 5 nitrogen and oxygen atoms in total. The van der Waals surface area contributed by atoms with Gasteiger partial charge < -0.3 is 24.1 Å². The normalized spacial score (nSPS) is 11.1. The molecule has 0 saturated heterocycles. The zero-order valence-corrected chi connectivity index (χ0v) is 17.7. The standard InChI is InChI=1S/C23H40O5/c1-2-3-4-5-6-7-8-11-22-12-9-10-13-23(22)28-21-20-27-19-18-26-17-16-25-15-14-24/h9-10,12-13,24H,2-8,11,14-21H2,1H3. The first-order valence-electron chi connectivity index (χ1n) is 10.9. The molecule has 0 fully saturated rings. The van der Waals surface area contributed by atoms with Gasteiger partial charge in [0.05, 0.1) is 46.2 Å². The molecular formula is C23H40O5. The highest BCUT2D eigenvalue weighted by Gasteiger charge is 2.03. The van der Waals surface area contributed by atoms with Crippen LogP contribution in [0.2, 0.25) is 0 Å². The smallest absolute Gasteiger partial charge is 0.122 e.